The van der Waals surface area contributed by atoms with Gasteiger partial charge in [-0.25, -0.2) is 8.42 Å². The zero-order valence-corrected chi connectivity index (χ0v) is 18.8. The highest BCUT2D eigenvalue weighted by molar-refractivity contribution is 8.15. The van der Waals surface area contributed by atoms with Gasteiger partial charge in [0.05, 0.1) is 24.0 Å². The van der Waals surface area contributed by atoms with Crippen LogP contribution in [0.5, 0.6) is 11.5 Å². The molecule has 7 nitrogen and oxygen atoms in total. The fourth-order valence-corrected chi connectivity index (χ4v) is 8.07. The SMILES string of the molecule is O=C(Cc1ccc(Cl)cc1)N=C1SC2CS(=O)(=O)CC2N1Cc1ccc2c(c1)OCO2. The highest BCUT2D eigenvalue weighted by atomic mass is 35.5. The topological polar surface area (TPSA) is 85.3 Å². The van der Waals surface area contributed by atoms with E-state index in [2.05, 4.69) is 4.99 Å². The molecule has 0 aromatic heterocycles. The van der Waals surface area contributed by atoms with Gasteiger partial charge in [-0.15, -0.1) is 0 Å². The molecule has 162 valence electrons. The number of halogens is 1. The second-order valence-corrected chi connectivity index (χ2v) is 11.5. The van der Waals surface area contributed by atoms with Crippen molar-refractivity contribution >= 4 is 44.3 Å². The first kappa shape index (κ1) is 20.7. The van der Waals surface area contributed by atoms with Gasteiger partial charge in [-0.05, 0) is 35.4 Å². The Morgan fingerprint density at radius 1 is 1.10 bits per heavy atom. The van der Waals surface area contributed by atoms with E-state index in [0.29, 0.717) is 28.2 Å². The average Bonchev–Trinajstić information content (AvgIpc) is 3.37. The number of aliphatic imine (C=N–C) groups is 1. The van der Waals surface area contributed by atoms with E-state index in [0.717, 1.165) is 11.1 Å². The molecular weight excluding hydrogens is 460 g/mol. The molecule has 2 unspecified atom stereocenters. The molecule has 2 aromatic carbocycles. The Labute approximate surface area is 189 Å². The van der Waals surface area contributed by atoms with Gasteiger partial charge in [0.1, 0.15) is 0 Å². The lowest BCUT2D eigenvalue weighted by Crippen LogP contribution is -2.37. The number of nitrogens with zero attached hydrogens (tertiary/aromatic N) is 2. The van der Waals surface area contributed by atoms with Crippen LogP contribution in [0.4, 0.5) is 0 Å². The molecule has 3 aliphatic rings. The normalized spacial score (nSPS) is 24.5. The summed E-state index contributed by atoms with van der Waals surface area (Å²) in [5.41, 5.74) is 1.76. The van der Waals surface area contributed by atoms with Crippen molar-refractivity contribution in [1.29, 1.82) is 0 Å². The average molecular weight is 479 g/mol. The van der Waals surface area contributed by atoms with E-state index in [1.165, 1.54) is 11.8 Å². The molecule has 0 N–H and O–H groups in total. The van der Waals surface area contributed by atoms with Gasteiger partial charge in [-0.3, -0.25) is 4.79 Å². The molecule has 0 radical (unpaired) electrons. The number of carbonyl (C=O) groups is 1. The summed E-state index contributed by atoms with van der Waals surface area (Å²) in [6, 6.07) is 12.5. The molecule has 0 saturated carbocycles. The first-order valence-corrected chi connectivity index (χ1v) is 12.8. The second-order valence-electron chi connectivity index (χ2n) is 7.71. The molecule has 0 bridgehead atoms. The molecule has 0 spiro atoms. The Morgan fingerprint density at radius 3 is 2.65 bits per heavy atom. The summed E-state index contributed by atoms with van der Waals surface area (Å²) in [6.07, 6.45) is 0.159. The number of fused-ring (bicyclic) bond motifs is 2. The first-order chi connectivity index (χ1) is 14.9. The third kappa shape index (κ3) is 4.40. The van der Waals surface area contributed by atoms with E-state index in [1.807, 2.05) is 23.1 Å². The summed E-state index contributed by atoms with van der Waals surface area (Å²) in [5, 5.41) is 1.06. The van der Waals surface area contributed by atoms with Crippen LogP contribution in [0.15, 0.2) is 47.5 Å². The minimum absolute atomic E-state index is 0.0691. The van der Waals surface area contributed by atoms with Crippen LogP contribution in [0.1, 0.15) is 11.1 Å². The van der Waals surface area contributed by atoms with Crippen molar-refractivity contribution in [1.82, 2.24) is 4.90 Å². The van der Waals surface area contributed by atoms with Crippen molar-refractivity contribution in [2.75, 3.05) is 18.3 Å². The van der Waals surface area contributed by atoms with Crippen molar-refractivity contribution < 1.29 is 22.7 Å². The van der Waals surface area contributed by atoms with Gasteiger partial charge >= 0.3 is 0 Å². The molecule has 3 heterocycles. The third-order valence-electron chi connectivity index (χ3n) is 5.45. The highest BCUT2D eigenvalue weighted by Crippen LogP contribution is 2.40. The lowest BCUT2D eigenvalue weighted by Gasteiger charge is -2.24. The first-order valence-electron chi connectivity index (χ1n) is 9.74. The number of benzene rings is 2. The molecule has 10 heteroatoms. The van der Waals surface area contributed by atoms with Crippen LogP contribution in [0.25, 0.3) is 0 Å². The maximum atomic E-state index is 12.6. The van der Waals surface area contributed by atoms with Crippen molar-refractivity contribution in [2.24, 2.45) is 4.99 Å². The Kier molecular flexibility index (Phi) is 5.35. The fourth-order valence-electron chi connectivity index (χ4n) is 3.98. The summed E-state index contributed by atoms with van der Waals surface area (Å²) in [7, 11) is -3.10. The number of sulfone groups is 1. The zero-order chi connectivity index (χ0) is 21.6. The molecule has 31 heavy (non-hydrogen) atoms. The quantitative estimate of drug-likeness (QED) is 0.667. The standard InChI is InChI=1S/C21H19ClN2O5S2/c22-15-4-1-13(2-5-15)8-20(25)23-21-24(16-10-31(26,27)11-19(16)30-21)9-14-3-6-17-18(7-14)29-12-28-17/h1-7,16,19H,8-12H2. The Balaban J connectivity index is 1.39. The number of amides is 1. The van der Waals surface area contributed by atoms with E-state index >= 15 is 0 Å². The van der Waals surface area contributed by atoms with Gasteiger partial charge < -0.3 is 14.4 Å². The predicted molar refractivity (Wildman–Crippen MR) is 120 cm³/mol. The Hall–Kier alpha value is -2.23. The molecule has 2 atom stereocenters. The van der Waals surface area contributed by atoms with E-state index in [4.69, 9.17) is 21.1 Å². The number of hydrogen-bond acceptors (Lipinski definition) is 6. The summed E-state index contributed by atoms with van der Waals surface area (Å²) < 4.78 is 35.2. The minimum atomic E-state index is -3.10. The molecule has 2 saturated heterocycles. The van der Waals surface area contributed by atoms with Gasteiger partial charge in [-0.2, -0.15) is 4.99 Å². The van der Waals surface area contributed by atoms with Crippen LogP contribution < -0.4 is 9.47 Å². The Bertz CT molecular complexity index is 1170. The monoisotopic (exact) mass is 478 g/mol. The smallest absolute Gasteiger partial charge is 0.252 e. The number of carbonyl (C=O) groups excluding carboxylic acids is 1. The molecule has 1 amide bonds. The van der Waals surface area contributed by atoms with Crippen molar-refractivity contribution in [3.8, 4) is 11.5 Å². The highest BCUT2D eigenvalue weighted by Gasteiger charge is 2.48. The van der Waals surface area contributed by atoms with Crippen molar-refractivity contribution in [3.63, 3.8) is 0 Å². The van der Waals surface area contributed by atoms with Crippen LogP contribution in [0, 0.1) is 0 Å². The van der Waals surface area contributed by atoms with Crippen LogP contribution >= 0.6 is 23.4 Å². The van der Waals surface area contributed by atoms with Gasteiger partial charge in [-0.1, -0.05) is 41.6 Å². The fraction of sp³-hybridized carbons (Fsp3) is 0.333. The molecule has 0 aliphatic carbocycles. The number of amidine groups is 1. The predicted octanol–water partition coefficient (Wildman–Crippen LogP) is 2.91. The number of thioether (sulfide) groups is 1. The van der Waals surface area contributed by atoms with Crippen LogP contribution in [0.2, 0.25) is 5.02 Å². The summed E-state index contributed by atoms with van der Waals surface area (Å²) in [4.78, 5) is 18.9. The van der Waals surface area contributed by atoms with E-state index in [9.17, 15) is 13.2 Å². The zero-order valence-electron chi connectivity index (χ0n) is 16.4. The minimum Gasteiger partial charge on any atom is -0.454 e. The maximum Gasteiger partial charge on any atom is 0.252 e. The van der Waals surface area contributed by atoms with Gasteiger partial charge in [0.15, 0.2) is 26.5 Å². The molecule has 5 rings (SSSR count). The Morgan fingerprint density at radius 2 is 1.84 bits per heavy atom. The van der Waals surface area contributed by atoms with E-state index in [1.54, 1.807) is 24.3 Å². The lowest BCUT2D eigenvalue weighted by atomic mass is 10.1. The van der Waals surface area contributed by atoms with Crippen LogP contribution in [-0.2, 0) is 27.6 Å². The molecule has 2 fully saturated rings. The van der Waals surface area contributed by atoms with Crippen molar-refractivity contribution in [3.05, 3.63) is 58.6 Å². The number of hydrogen-bond donors (Lipinski definition) is 0. The molecular formula is C21H19ClN2O5S2. The second kappa shape index (κ2) is 8.03. The summed E-state index contributed by atoms with van der Waals surface area (Å²) in [5.74, 6) is 1.25. The molecule has 3 aliphatic heterocycles. The maximum absolute atomic E-state index is 12.6. The van der Waals surface area contributed by atoms with Gasteiger partial charge in [0, 0.05) is 16.8 Å². The summed E-state index contributed by atoms with van der Waals surface area (Å²) >= 11 is 7.28. The van der Waals surface area contributed by atoms with Gasteiger partial charge in [0.2, 0.25) is 6.79 Å². The number of rotatable bonds is 4. The summed E-state index contributed by atoms with van der Waals surface area (Å²) in [6.45, 7) is 0.626. The molecule has 2 aromatic rings. The lowest BCUT2D eigenvalue weighted by molar-refractivity contribution is -0.117. The third-order valence-corrected chi connectivity index (χ3v) is 8.95. The van der Waals surface area contributed by atoms with Gasteiger partial charge in [0.25, 0.3) is 5.91 Å². The van der Waals surface area contributed by atoms with E-state index < -0.39 is 9.84 Å². The largest absolute Gasteiger partial charge is 0.454 e. The number of ether oxygens (including phenoxy) is 2. The van der Waals surface area contributed by atoms with Crippen LogP contribution in [-0.4, -0.2) is 54.0 Å². The van der Waals surface area contributed by atoms with Crippen LogP contribution in [0.3, 0.4) is 0 Å². The van der Waals surface area contributed by atoms with E-state index in [-0.39, 0.29) is 41.9 Å². The van der Waals surface area contributed by atoms with Crippen molar-refractivity contribution in [2.45, 2.75) is 24.3 Å².